The van der Waals surface area contributed by atoms with E-state index in [1.54, 1.807) is 7.11 Å². The van der Waals surface area contributed by atoms with E-state index in [0.717, 1.165) is 17.9 Å². The molecule has 1 atom stereocenters. The van der Waals surface area contributed by atoms with E-state index in [1.807, 2.05) is 48.2 Å². The number of amides is 2. The summed E-state index contributed by atoms with van der Waals surface area (Å²) in [4.78, 5) is 28.5. The monoisotopic (exact) mass is 348 g/mol. The van der Waals surface area contributed by atoms with E-state index in [2.05, 4.69) is 10.6 Å². The molecule has 0 aliphatic carbocycles. The predicted molar refractivity (Wildman–Crippen MR) is 96.4 cm³/mol. The number of methoxy groups -OCH3 is 1. The molecule has 2 rings (SSSR count). The van der Waals surface area contributed by atoms with Crippen LogP contribution in [-0.4, -0.2) is 75.0 Å². The third-order valence-corrected chi connectivity index (χ3v) is 4.27. The molecule has 1 heterocycles. The molecule has 1 aromatic rings. The molecular formula is C18H28N4O3. The first-order valence-corrected chi connectivity index (χ1v) is 8.56. The van der Waals surface area contributed by atoms with Gasteiger partial charge >= 0.3 is 0 Å². The van der Waals surface area contributed by atoms with Crippen LogP contribution in [0.1, 0.15) is 12.0 Å². The van der Waals surface area contributed by atoms with Crippen LogP contribution in [0.3, 0.4) is 0 Å². The molecule has 1 aliphatic rings. The van der Waals surface area contributed by atoms with Gasteiger partial charge in [0.1, 0.15) is 5.75 Å². The summed E-state index contributed by atoms with van der Waals surface area (Å²) in [7, 11) is 5.54. The van der Waals surface area contributed by atoms with Crippen LogP contribution in [0.2, 0.25) is 0 Å². The van der Waals surface area contributed by atoms with E-state index in [9.17, 15) is 9.59 Å². The second kappa shape index (κ2) is 9.39. The van der Waals surface area contributed by atoms with Crippen molar-refractivity contribution in [3.8, 4) is 5.75 Å². The highest BCUT2D eigenvalue weighted by atomic mass is 16.5. The Morgan fingerprint density at radius 1 is 1.40 bits per heavy atom. The molecule has 7 nitrogen and oxygen atoms in total. The lowest BCUT2D eigenvalue weighted by Crippen LogP contribution is -2.56. The summed E-state index contributed by atoms with van der Waals surface area (Å²) < 4.78 is 5.39. The Morgan fingerprint density at radius 3 is 2.88 bits per heavy atom. The Labute approximate surface area is 149 Å². The number of carbonyl (C=O) groups excluding carboxylic acids is 2. The smallest absolute Gasteiger partial charge is 0.237 e. The van der Waals surface area contributed by atoms with E-state index < -0.39 is 6.04 Å². The number of piperazine rings is 1. The zero-order valence-electron chi connectivity index (χ0n) is 15.2. The maximum Gasteiger partial charge on any atom is 0.237 e. The average molecular weight is 348 g/mol. The lowest BCUT2D eigenvalue weighted by molar-refractivity contribution is -0.134. The van der Waals surface area contributed by atoms with E-state index in [-0.39, 0.29) is 18.2 Å². The first-order valence-electron chi connectivity index (χ1n) is 8.56. The van der Waals surface area contributed by atoms with Crippen molar-refractivity contribution in [2.45, 2.75) is 19.0 Å². The van der Waals surface area contributed by atoms with Crippen LogP contribution in [0, 0.1) is 0 Å². The fourth-order valence-corrected chi connectivity index (χ4v) is 2.89. The van der Waals surface area contributed by atoms with Gasteiger partial charge in [-0.15, -0.1) is 0 Å². The van der Waals surface area contributed by atoms with Gasteiger partial charge < -0.3 is 20.3 Å². The third-order valence-electron chi connectivity index (χ3n) is 4.27. The minimum atomic E-state index is -0.460. The highest BCUT2D eigenvalue weighted by Crippen LogP contribution is 2.21. The Morgan fingerprint density at radius 2 is 2.16 bits per heavy atom. The molecular weight excluding hydrogens is 320 g/mol. The molecule has 2 N–H and O–H groups in total. The Balaban J connectivity index is 2.00. The standard InChI is InChI=1S/C18H28N4O3/c1-21(2)10-8-19-17(23)12-15-18(24)20-9-11-22(15)13-14-6-4-5-7-16(14)25-3/h4-7,15H,8-13H2,1-3H3,(H,19,23)(H,20,24)/t15-/m0/s1. The summed E-state index contributed by atoms with van der Waals surface area (Å²) >= 11 is 0. The van der Waals surface area contributed by atoms with Gasteiger partial charge in [-0.1, -0.05) is 18.2 Å². The number of likely N-dealkylation sites (N-methyl/N-ethyl adjacent to an activating group) is 1. The van der Waals surface area contributed by atoms with Crippen molar-refractivity contribution in [3.63, 3.8) is 0 Å². The zero-order chi connectivity index (χ0) is 18.2. The number of rotatable bonds is 8. The van der Waals surface area contributed by atoms with Crippen LogP contribution >= 0.6 is 0 Å². The molecule has 1 aliphatic heterocycles. The summed E-state index contributed by atoms with van der Waals surface area (Å²) in [5, 5.41) is 5.73. The van der Waals surface area contributed by atoms with Crippen molar-refractivity contribution >= 4 is 11.8 Å². The number of nitrogens with one attached hydrogen (secondary N) is 2. The van der Waals surface area contributed by atoms with Crippen LogP contribution in [0.15, 0.2) is 24.3 Å². The molecule has 138 valence electrons. The normalized spacial score (nSPS) is 18.1. The molecule has 1 aromatic carbocycles. The molecule has 0 saturated carbocycles. The highest BCUT2D eigenvalue weighted by molar-refractivity contribution is 5.88. The summed E-state index contributed by atoms with van der Waals surface area (Å²) in [6.45, 7) is 3.22. The second-order valence-electron chi connectivity index (χ2n) is 6.45. The predicted octanol–water partition coefficient (Wildman–Crippen LogP) is 0.0635. The van der Waals surface area contributed by atoms with Gasteiger partial charge in [0.15, 0.2) is 0 Å². The molecule has 2 amide bonds. The van der Waals surface area contributed by atoms with E-state index in [0.29, 0.717) is 26.2 Å². The van der Waals surface area contributed by atoms with Gasteiger partial charge in [-0.25, -0.2) is 0 Å². The number of ether oxygens (including phenoxy) is 1. The van der Waals surface area contributed by atoms with Gasteiger partial charge in [-0.2, -0.15) is 0 Å². The number of para-hydroxylation sites is 1. The summed E-state index contributed by atoms with van der Waals surface area (Å²) in [6, 6.07) is 7.30. The lowest BCUT2D eigenvalue weighted by Gasteiger charge is -2.35. The number of hydrogen-bond acceptors (Lipinski definition) is 5. The van der Waals surface area contributed by atoms with Crippen molar-refractivity contribution in [1.29, 1.82) is 0 Å². The number of carbonyl (C=O) groups is 2. The first kappa shape index (κ1) is 19.2. The van der Waals surface area contributed by atoms with Crippen LogP contribution in [0.4, 0.5) is 0 Å². The maximum atomic E-state index is 12.3. The van der Waals surface area contributed by atoms with Crippen LogP contribution in [0.5, 0.6) is 5.75 Å². The number of hydrogen-bond donors (Lipinski definition) is 2. The third kappa shape index (κ3) is 5.72. The van der Waals surface area contributed by atoms with Crippen molar-refractivity contribution in [2.24, 2.45) is 0 Å². The summed E-state index contributed by atoms with van der Waals surface area (Å²) in [5.41, 5.74) is 1.01. The average Bonchev–Trinajstić information content (AvgIpc) is 2.58. The minimum Gasteiger partial charge on any atom is -0.496 e. The molecule has 1 fully saturated rings. The zero-order valence-corrected chi connectivity index (χ0v) is 15.2. The molecule has 1 saturated heterocycles. The fraction of sp³-hybridized carbons (Fsp3) is 0.556. The number of benzene rings is 1. The minimum absolute atomic E-state index is 0.0936. The van der Waals surface area contributed by atoms with E-state index in [4.69, 9.17) is 4.74 Å². The highest BCUT2D eigenvalue weighted by Gasteiger charge is 2.31. The molecule has 7 heteroatoms. The Bertz CT molecular complexity index is 591. The Hall–Kier alpha value is -2.12. The summed E-state index contributed by atoms with van der Waals surface area (Å²) in [5.74, 6) is 0.598. The quantitative estimate of drug-likeness (QED) is 0.695. The SMILES string of the molecule is COc1ccccc1CN1CCNC(=O)[C@@H]1CC(=O)NCCN(C)C. The van der Waals surface area contributed by atoms with Crippen molar-refractivity contribution in [1.82, 2.24) is 20.4 Å². The van der Waals surface area contributed by atoms with Crippen molar-refractivity contribution in [3.05, 3.63) is 29.8 Å². The molecule has 0 bridgehead atoms. The van der Waals surface area contributed by atoms with Gasteiger partial charge in [0.2, 0.25) is 11.8 Å². The largest absolute Gasteiger partial charge is 0.496 e. The number of nitrogens with zero attached hydrogens (tertiary/aromatic N) is 2. The molecule has 0 spiro atoms. The van der Waals surface area contributed by atoms with E-state index in [1.165, 1.54) is 0 Å². The first-order chi connectivity index (χ1) is 12.0. The molecule has 0 unspecified atom stereocenters. The molecule has 0 radical (unpaired) electrons. The van der Waals surface area contributed by atoms with Gasteiger partial charge in [0, 0.05) is 38.3 Å². The fourth-order valence-electron chi connectivity index (χ4n) is 2.89. The van der Waals surface area contributed by atoms with Crippen molar-refractivity contribution < 1.29 is 14.3 Å². The van der Waals surface area contributed by atoms with Gasteiger partial charge in [0.05, 0.1) is 19.6 Å². The Kier molecular flexibility index (Phi) is 7.21. The van der Waals surface area contributed by atoms with Crippen LogP contribution in [0.25, 0.3) is 0 Å². The lowest BCUT2D eigenvalue weighted by atomic mass is 10.1. The topological polar surface area (TPSA) is 73.9 Å². The van der Waals surface area contributed by atoms with Gasteiger partial charge in [0.25, 0.3) is 0 Å². The van der Waals surface area contributed by atoms with Crippen molar-refractivity contribution in [2.75, 3.05) is 47.4 Å². The van der Waals surface area contributed by atoms with Crippen LogP contribution < -0.4 is 15.4 Å². The molecule has 0 aromatic heterocycles. The van der Waals surface area contributed by atoms with Gasteiger partial charge in [-0.05, 0) is 20.2 Å². The maximum absolute atomic E-state index is 12.3. The van der Waals surface area contributed by atoms with Gasteiger partial charge in [-0.3, -0.25) is 14.5 Å². The second-order valence-corrected chi connectivity index (χ2v) is 6.45. The van der Waals surface area contributed by atoms with E-state index >= 15 is 0 Å². The molecule has 25 heavy (non-hydrogen) atoms. The summed E-state index contributed by atoms with van der Waals surface area (Å²) in [6.07, 6.45) is 0.161. The van der Waals surface area contributed by atoms with Crippen LogP contribution in [-0.2, 0) is 16.1 Å².